The van der Waals surface area contributed by atoms with E-state index in [9.17, 15) is 18.0 Å². The molecule has 8 heteroatoms. The van der Waals surface area contributed by atoms with Crippen molar-refractivity contribution in [1.82, 2.24) is 5.32 Å². The minimum atomic E-state index is -4.78. The number of halogens is 3. The molecular weight excluding hydrogens is 289 g/mol. The van der Waals surface area contributed by atoms with Gasteiger partial charge in [-0.2, -0.15) is 0 Å². The number of carbonyl (C=O) groups is 1. The zero-order valence-electron chi connectivity index (χ0n) is 11.0. The monoisotopic (exact) mass is 304 g/mol. The smallest absolute Gasteiger partial charge is 0.405 e. The molecule has 3 N–H and O–H groups in total. The molecule has 116 valence electrons. The van der Waals surface area contributed by atoms with E-state index < -0.39 is 18.3 Å². The summed E-state index contributed by atoms with van der Waals surface area (Å²) in [5.41, 5.74) is 5.93. The van der Waals surface area contributed by atoms with Crippen LogP contribution in [0.15, 0.2) is 24.3 Å². The van der Waals surface area contributed by atoms with E-state index in [4.69, 9.17) is 10.5 Å². The molecule has 2 atom stereocenters. The third-order valence-corrected chi connectivity index (χ3v) is 3.11. The Morgan fingerprint density at radius 1 is 1.38 bits per heavy atom. The van der Waals surface area contributed by atoms with E-state index in [2.05, 4.69) is 10.1 Å². The van der Waals surface area contributed by atoms with Crippen molar-refractivity contribution < 1.29 is 27.4 Å². The molecule has 1 aliphatic rings. The molecule has 2 unspecified atom stereocenters. The van der Waals surface area contributed by atoms with Crippen molar-refractivity contribution in [3.63, 3.8) is 0 Å². The van der Waals surface area contributed by atoms with Crippen molar-refractivity contribution in [2.75, 3.05) is 13.2 Å². The van der Waals surface area contributed by atoms with Gasteiger partial charge in [0, 0.05) is 18.2 Å². The summed E-state index contributed by atoms with van der Waals surface area (Å²) in [6, 6.07) is 5.24. The van der Waals surface area contributed by atoms with Crippen LogP contribution in [-0.4, -0.2) is 31.5 Å². The maximum absolute atomic E-state index is 12.3. The van der Waals surface area contributed by atoms with Gasteiger partial charge in [0.1, 0.15) is 5.75 Å². The van der Waals surface area contributed by atoms with Gasteiger partial charge in [0.05, 0.1) is 19.1 Å². The zero-order chi connectivity index (χ0) is 15.5. The Balaban J connectivity index is 1.98. The fourth-order valence-electron chi connectivity index (χ4n) is 2.03. The van der Waals surface area contributed by atoms with Gasteiger partial charge in [-0.15, -0.1) is 13.2 Å². The van der Waals surface area contributed by atoms with Crippen LogP contribution in [0.4, 0.5) is 13.2 Å². The number of rotatable bonds is 4. The summed E-state index contributed by atoms with van der Waals surface area (Å²) < 4.78 is 45.8. The number of amides is 1. The number of nitrogens with one attached hydrogen (secondary N) is 1. The van der Waals surface area contributed by atoms with Crippen LogP contribution in [0.5, 0.6) is 5.75 Å². The average Bonchev–Trinajstić information content (AvgIpc) is 2.82. The Kier molecular flexibility index (Phi) is 4.69. The quantitative estimate of drug-likeness (QED) is 0.876. The molecule has 1 amide bonds. The molecule has 2 rings (SSSR count). The molecule has 1 saturated heterocycles. The normalized spacial score (nSPS) is 22.1. The molecule has 0 radical (unpaired) electrons. The molecule has 0 aliphatic carbocycles. The van der Waals surface area contributed by atoms with Crippen LogP contribution in [0.3, 0.4) is 0 Å². The number of hydrogen-bond acceptors (Lipinski definition) is 4. The van der Waals surface area contributed by atoms with Crippen molar-refractivity contribution in [3.05, 3.63) is 29.8 Å². The third kappa shape index (κ3) is 4.33. The number of para-hydroxylation sites is 1. The van der Waals surface area contributed by atoms with Crippen molar-refractivity contribution in [1.29, 1.82) is 0 Å². The van der Waals surface area contributed by atoms with Crippen LogP contribution in [0, 0.1) is 5.92 Å². The summed E-state index contributed by atoms with van der Waals surface area (Å²) in [4.78, 5) is 11.9. The number of alkyl halides is 3. The lowest BCUT2D eigenvalue weighted by Gasteiger charge is -2.16. The summed E-state index contributed by atoms with van der Waals surface area (Å²) in [6.45, 7) is 0.438. The van der Waals surface area contributed by atoms with E-state index in [1.54, 1.807) is 6.07 Å². The van der Waals surface area contributed by atoms with Crippen LogP contribution >= 0.6 is 0 Å². The Labute approximate surface area is 119 Å². The zero-order valence-corrected chi connectivity index (χ0v) is 11.0. The van der Waals surface area contributed by atoms with E-state index in [0.29, 0.717) is 6.61 Å². The predicted octanol–water partition coefficient (Wildman–Crippen LogP) is 1.18. The standard InChI is InChI=1S/C13H15F3N2O3/c14-13(15,16)21-11-4-2-1-3-8(11)5-18-12(19)9-6-20-7-10(9)17/h1-4,9-10H,5-7,17H2,(H,18,19). The molecule has 1 aromatic carbocycles. The van der Waals surface area contributed by atoms with Crippen molar-refractivity contribution in [3.8, 4) is 5.75 Å². The van der Waals surface area contributed by atoms with Gasteiger partial charge in [-0.25, -0.2) is 0 Å². The van der Waals surface area contributed by atoms with Gasteiger partial charge < -0.3 is 20.5 Å². The molecule has 5 nitrogen and oxygen atoms in total. The van der Waals surface area contributed by atoms with E-state index >= 15 is 0 Å². The third-order valence-electron chi connectivity index (χ3n) is 3.11. The molecule has 1 aliphatic heterocycles. The first-order valence-electron chi connectivity index (χ1n) is 6.31. The van der Waals surface area contributed by atoms with Gasteiger partial charge in [-0.05, 0) is 6.07 Å². The van der Waals surface area contributed by atoms with E-state index in [1.807, 2.05) is 0 Å². The number of nitrogens with two attached hydrogens (primary N) is 1. The fourth-order valence-corrected chi connectivity index (χ4v) is 2.03. The molecule has 1 aromatic rings. The Hall–Kier alpha value is -1.80. The molecule has 1 heterocycles. The van der Waals surface area contributed by atoms with Gasteiger partial charge in [0.2, 0.25) is 5.91 Å². The lowest BCUT2D eigenvalue weighted by molar-refractivity contribution is -0.274. The lowest BCUT2D eigenvalue weighted by atomic mass is 10.0. The molecule has 0 saturated carbocycles. The second kappa shape index (κ2) is 6.31. The summed E-state index contributed by atoms with van der Waals surface area (Å²) in [6.07, 6.45) is -4.78. The van der Waals surface area contributed by atoms with Crippen LogP contribution < -0.4 is 15.8 Å². The number of hydrogen-bond donors (Lipinski definition) is 2. The van der Waals surface area contributed by atoms with Crippen LogP contribution in [0.25, 0.3) is 0 Å². The lowest BCUT2D eigenvalue weighted by Crippen LogP contribution is -2.40. The molecule has 0 aromatic heterocycles. The first kappa shape index (κ1) is 15.6. The van der Waals surface area contributed by atoms with E-state index in [1.165, 1.54) is 18.2 Å². The van der Waals surface area contributed by atoms with Crippen LogP contribution in [0.1, 0.15) is 5.56 Å². The summed E-state index contributed by atoms with van der Waals surface area (Å²) in [5, 5.41) is 2.55. The highest BCUT2D eigenvalue weighted by Crippen LogP contribution is 2.26. The maximum atomic E-state index is 12.3. The number of carbonyl (C=O) groups excluding carboxylic acids is 1. The second-order valence-corrected chi connectivity index (χ2v) is 4.68. The van der Waals surface area contributed by atoms with Gasteiger partial charge in [0.15, 0.2) is 0 Å². The van der Waals surface area contributed by atoms with Gasteiger partial charge in [-0.1, -0.05) is 18.2 Å². The largest absolute Gasteiger partial charge is 0.573 e. The summed E-state index contributed by atoms with van der Waals surface area (Å²) in [7, 11) is 0. The summed E-state index contributed by atoms with van der Waals surface area (Å²) in [5.74, 6) is -1.17. The number of benzene rings is 1. The van der Waals surface area contributed by atoms with Crippen LogP contribution in [-0.2, 0) is 16.1 Å². The number of ether oxygens (including phenoxy) is 2. The van der Waals surface area contributed by atoms with Crippen molar-refractivity contribution in [2.24, 2.45) is 11.7 Å². The van der Waals surface area contributed by atoms with Gasteiger partial charge in [-0.3, -0.25) is 4.79 Å². The molecule has 1 fully saturated rings. The summed E-state index contributed by atoms with van der Waals surface area (Å²) >= 11 is 0. The van der Waals surface area contributed by atoms with Crippen molar-refractivity contribution >= 4 is 5.91 Å². The topological polar surface area (TPSA) is 73.6 Å². The van der Waals surface area contributed by atoms with Gasteiger partial charge >= 0.3 is 6.36 Å². The van der Waals surface area contributed by atoms with E-state index in [0.717, 1.165) is 0 Å². The van der Waals surface area contributed by atoms with Crippen LogP contribution in [0.2, 0.25) is 0 Å². The average molecular weight is 304 g/mol. The Bertz CT molecular complexity index is 508. The predicted molar refractivity (Wildman–Crippen MR) is 67.3 cm³/mol. The first-order chi connectivity index (χ1) is 9.87. The molecule has 0 bridgehead atoms. The Morgan fingerprint density at radius 3 is 2.71 bits per heavy atom. The Morgan fingerprint density at radius 2 is 2.10 bits per heavy atom. The van der Waals surface area contributed by atoms with Crippen molar-refractivity contribution in [2.45, 2.75) is 18.9 Å². The minimum Gasteiger partial charge on any atom is -0.405 e. The van der Waals surface area contributed by atoms with E-state index in [-0.39, 0.29) is 30.4 Å². The minimum absolute atomic E-state index is 0.0751. The SMILES string of the molecule is NC1COCC1C(=O)NCc1ccccc1OC(F)(F)F. The molecular formula is C13H15F3N2O3. The first-order valence-corrected chi connectivity index (χ1v) is 6.31. The van der Waals surface area contributed by atoms with Gasteiger partial charge in [0.25, 0.3) is 0 Å². The highest BCUT2D eigenvalue weighted by Gasteiger charge is 2.33. The fraction of sp³-hybridized carbons (Fsp3) is 0.462. The highest BCUT2D eigenvalue weighted by atomic mass is 19.4. The molecule has 0 spiro atoms. The highest BCUT2D eigenvalue weighted by molar-refractivity contribution is 5.79. The molecule has 21 heavy (non-hydrogen) atoms. The second-order valence-electron chi connectivity index (χ2n) is 4.68. The maximum Gasteiger partial charge on any atom is 0.573 e.